The van der Waals surface area contributed by atoms with Crippen molar-refractivity contribution in [1.82, 2.24) is 4.98 Å². The van der Waals surface area contributed by atoms with Gasteiger partial charge in [0.25, 0.3) is 0 Å². The van der Waals surface area contributed by atoms with Crippen molar-refractivity contribution in [2.24, 2.45) is 0 Å². The summed E-state index contributed by atoms with van der Waals surface area (Å²) in [7, 11) is 0. The molecule has 0 unspecified atom stereocenters. The van der Waals surface area contributed by atoms with Gasteiger partial charge in [0.2, 0.25) is 0 Å². The normalized spacial score (nSPS) is 10.7. The number of thiazole rings is 1. The third-order valence-electron chi connectivity index (χ3n) is 3.63. The van der Waals surface area contributed by atoms with Crippen LogP contribution in [0.2, 0.25) is 0 Å². The minimum Gasteiger partial charge on any atom is -0.457 e. The molecular formula is C19H19NOS. The molecule has 0 aliphatic rings. The highest BCUT2D eigenvalue weighted by Crippen LogP contribution is 2.33. The third kappa shape index (κ3) is 3.04. The van der Waals surface area contributed by atoms with E-state index < -0.39 is 0 Å². The smallest absolute Gasteiger partial charge is 0.128 e. The highest BCUT2D eigenvalue weighted by molar-refractivity contribution is 7.07. The van der Waals surface area contributed by atoms with Gasteiger partial charge in [-0.05, 0) is 74.2 Å². The fraction of sp³-hybridized carbons (Fsp3) is 0.211. The van der Waals surface area contributed by atoms with E-state index in [0.29, 0.717) is 0 Å². The maximum Gasteiger partial charge on any atom is 0.128 e. The van der Waals surface area contributed by atoms with Crippen LogP contribution in [0, 0.1) is 27.7 Å². The molecule has 0 aliphatic heterocycles. The largest absolute Gasteiger partial charge is 0.457 e. The highest BCUT2D eigenvalue weighted by Gasteiger charge is 2.10. The van der Waals surface area contributed by atoms with Gasteiger partial charge < -0.3 is 4.74 Å². The molecule has 0 N–H and O–H groups in total. The first-order valence-corrected chi connectivity index (χ1v) is 8.23. The van der Waals surface area contributed by atoms with Gasteiger partial charge in [-0.25, -0.2) is 4.98 Å². The molecule has 1 aromatic heterocycles. The zero-order valence-corrected chi connectivity index (χ0v) is 14.1. The van der Waals surface area contributed by atoms with Gasteiger partial charge in [-0.15, -0.1) is 11.3 Å². The van der Waals surface area contributed by atoms with Crippen LogP contribution in [-0.2, 0) is 0 Å². The fourth-order valence-corrected chi connectivity index (χ4v) is 3.39. The first-order chi connectivity index (χ1) is 10.5. The Balaban J connectivity index is 1.96. The van der Waals surface area contributed by atoms with Gasteiger partial charge >= 0.3 is 0 Å². The SMILES string of the molecule is Cc1cc(C)cc(Oc2cc(C)c(-c3cscn3)c(C)c2)c1. The van der Waals surface area contributed by atoms with Gasteiger partial charge in [0, 0.05) is 10.9 Å². The molecule has 3 aromatic rings. The second-order valence-corrected chi connectivity index (χ2v) is 6.45. The van der Waals surface area contributed by atoms with E-state index in [4.69, 9.17) is 4.74 Å². The van der Waals surface area contributed by atoms with Crippen LogP contribution in [0.5, 0.6) is 11.5 Å². The molecule has 0 aliphatic carbocycles. The summed E-state index contributed by atoms with van der Waals surface area (Å²) in [5.74, 6) is 1.76. The van der Waals surface area contributed by atoms with Crippen molar-refractivity contribution in [2.45, 2.75) is 27.7 Å². The van der Waals surface area contributed by atoms with Crippen LogP contribution in [0.25, 0.3) is 11.3 Å². The lowest BCUT2D eigenvalue weighted by atomic mass is 10.0. The Morgan fingerprint density at radius 1 is 0.818 bits per heavy atom. The Hall–Kier alpha value is -2.13. The number of aryl methyl sites for hydroxylation is 4. The minimum absolute atomic E-state index is 0.874. The van der Waals surface area contributed by atoms with Crippen LogP contribution in [0.15, 0.2) is 41.2 Å². The number of aromatic nitrogens is 1. The van der Waals surface area contributed by atoms with E-state index in [1.807, 2.05) is 5.51 Å². The maximum absolute atomic E-state index is 6.06. The Kier molecular flexibility index (Phi) is 3.99. The van der Waals surface area contributed by atoms with Crippen molar-refractivity contribution in [2.75, 3.05) is 0 Å². The average molecular weight is 309 g/mol. The first kappa shape index (κ1) is 14.8. The number of hydrogen-bond donors (Lipinski definition) is 0. The predicted molar refractivity (Wildman–Crippen MR) is 93.0 cm³/mol. The van der Waals surface area contributed by atoms with Crippen LogP contribution < -0.4 is 4.74 Å². The minimum atomic E-state index is 0.874. The summed E-state index contributed by atoms with van der Waals surface area (Å²) in [6.07, 6.45) is 0. The molecule has 22 heavy (non-hydrogen) atoms. The molecule has 1 heterocycles. The summed E-state index contributed by atoms with van der Waals surface area (Å²) in [4.78, 5) is 4.42. The van der Waals surface area contributed by atoms with E-state index >= 15 is 0 Å². The third-order valence-corrected chi connectivity index (χ3v) is 4.21. The molecule has 0 radical (unpaired) electrons. The molecule has 2 nitrogen and oxygen atoms in total. The molecule has 3 rings (SSSR count). The molecule has 0 atom stereocenters. The van der Waals surface area contributed by atoms with Crippen molar-refractivity contribution < 1.29 is 4.74 Å². The van der Waals surface area contributed by atoms with E-state index in [1.54, 1.807) is 11.3 Å². The standard InChI is InChI=1S/C19H19NOS/c1-12-5-13(2)7-16(6-12)21-17-8-14(3)19(15(4)9-17)18-10-22-11-20-18/h5-11H,1-4H3. The van der Waals surface area contributed by atoms with Crippen molar-refractivity contribution in [3.8, 4) is 22.8 Å². The predicted octanol–water partition coefficient (Wildman–Crippen LogP) is 5.84. The molecule has 0 fully saturated rings. The molecule has 0 amide bonds. The average Bonchev–Trinajstić information content (AvgIpc) is 2.90. The topological polar surface area (TPSA) is 22.1 Å². The molecular weight excluding hydrogens is 290 g/mol. The van der Waals surface area contributed by atoms with Crippen molar-refractivity contribution in [3.05, 3.63) is 63.5 Å². The molecule has 0 saturated carbocycles. The van der Waals surface area contributed by atoms with Crippen LogP contribution in [0.3, 0.4) is 0 Å². The van der Waals surface area contributed by atoms with Gasteiger partial charge in [-0.1, -0.05) is 6.07 Å². The summed E-state index contributed by atoms with van der Waals surface area (Å²) in [5.41, 5.74) is 8.90. The Morgan fingerprint density at radius 2 is 1.41 bits per heavy atom. The van der Waals surface area contributed by atoms with Gasteiger partial charge in [0.1, 0.15) is 11.5 Å². The van der Waals surface area contributed by atoms with E-state index in [1.165, 1.54) is 27.8 Å². The maximum atomic E-state index is 6.06. The number of nitrogens with zero attached hydrogens (tertiary/aromatic N) is 1. The highest BCUT2D eigenvalue weighted by atomic mass is 32.1. The molecule has 112 valence electrons. The second kappa shape index (κ2) is 5.93. The van der Waals surface area contributed by atoms with Gasteiger partial charge in [0.05, 0.1) is 11.2 Å². The van der Waals surface area contributed by atoms with Crippen molar-refractivity contribution in [1.29, 1.82) is 0 Å². The Labute approximate surface area is 135 Å². The molecule has 0 bridgehead atoms. The number of ether oxygens (including phenoxy) is 1. The lowest BCUT2D eigenvalue weighted by Gasteiger charge is -2.13. The monoisotopic (exact) mass is 309 g/mol. The van der Waals surface area contributed by atoms with E-state index in [9.17, 15) is 0 Å². The molecule has 2 aromatic carbocycles. The lowest BCUT2D eigenvalue weighted by molar-refractivity contribution is 0.481. The van der Waals surface area contributed by atoms with E-state index in [0.717, 1.165) is 17.2 Å². The summed E-state index contributed by atoms with van der Waals surface area (Å²) < 4.78 is 6.06. The second-order valence-electron chi connectivity index (χ2n) is 5.73. The number of benzene rings is 2. The first-order valence-electron chi connectivity index (χ1n) is 7.29. The van der Waals surface area contributed by atoms with Crippen LogP contribution in [-0.4, -0.2) is 4.98 Å². The van der Waals surface area contributed by atoms with Crippen LogP contribution in [0.1, 0.15) is 22.3 Å². The van der Waals surface area contributed by atoms with Gasteiger partial charge in [-0.2, -0.15) is 0 Å². The van der Waals surface area contributed by atoms with E-state index in [-0.39, 0.29) is 0 Å². The number of rotatable bonds is 3. The number of hydrogen-bond acceptors (Lipinski definition) is 3. The van der Waals surface area contributed by atoms with Crippen LogP contribution >= 0.6 is 11.3 Å². The zero-order chi connectivity index (χ0) is 15.7. The summed E-state index contributed by atoms with van der Waals surface area (Å²) >= 11 is 1.62. The Morgan fingerprint density at radius 3 is 1.95 bits per heavy atom. The lowest BCUT2D eigenvalue weighted by Crippen LogP contribution is -1.92. The fourth-order valence-electron chi connectivity index (χ4n) is 2.85. The van der Waals surface area contributed by atoms with Crippen molar-refractivity contribution in [3.63, 3.8) is 0 Å². The summed E-state index contributed by atoms with van der Waals surface area (Å²) in [5, 5.41) is 2.08. The molecule has 0 saturated heterocycles. The van der Waals surface area contributed by atoms with Crippen LogP contribution in [0.4, 0.5) is 0 Å². The van der Waals surface area contributed by atoms with Crippen molar-refractivity contribution >= 4 is 11.3 Å². The Bertz CT molecular complexity index is 763. The zero-order valence-electron chi connectivity index (χ0n) is 13.3. The quantitative estimate of drug-likeness (QED) is 0.606. The summed E-state index contributed by atoms with van der Waals surface area (Å²) in [6.45, 7) is 8.38. The van der Waals surface area contributed by atoms with Gasteiger partial charge in [-0.3, -0.25) is 0 Å². The van der Waals surface area contributed by atoms with Gasteiger partial charge in [0.15, 0.2) is 0 Å². The van der Waals surface area contributed by atoms with E-state index in [2.05, 4.69) is 68.4 Å². The molecule has 0 spiro atoms. The molecule has 3 heteroatoms. The summed E-state index contributed by atoms with van der Waals surface area (Å²) in [6, 6.07) is 10.4.